The van der Waals surface area contributed by atoms with Crippen molar-refractivity contribution in [3.8, 4) is 6.07 Å². The number of methoxy groups -OCH3 is 2. The van der Waals surface area contributed by atoms with Crippen molar-refractivity contribution in [2.24, 2.45) is 5.92 Å². The van der Waals surface area contributed by atoms with Crippen LogP contribution in [-0.2, 0) is 23.9 Å². The van der Waals surface area contributed by atoms with Crippen molar-refractivity contribution in [1.82, 2.24) is 5.32 Å². The number of para-hydroxylation sites is 1. The third-order valence-electron chi connectivity index (χ3n) is 5.44. The highest BCUT2D eigenvalue weighted by molar-refractivity contribution is 8.03. The van der Waals surface area contributed by atoms with E-state index >= 15 is 0 Å². The summed E-state index contributed by atoms with van der Waals surface area (Å²) < 4.78 is 9.52. The van der Waals surface area contributed by atoms with Crippen LogP contribution in [0.5, 0.6) is 0 Å². The second-order valence-electron chi connectivity index (χ2n) is 7.59. The molecule has 0 saturated heterocycles. The molecule has 0 fully saturated rings. The van der Waals surface area contributed by atoms with E-state index < -0.39 is 29.7 Å². The summed E-state index contributed by atoms with van der Waals surface area (Å²) in [6, 6.07) is 15.4. The smallest absolute Gasteiger partial charge is 0.337 e. The Labute approximate surface area is 206 Å². The van der Waals surface area contributed by atoms with Crippen molar-refractivity contribution in [3.05, 3.63) is 75.8 Å². The van der Waals surface area contributed by atoms with Gasteiger partial charge in [0.2, 0.25) is 11.8 Å². The number of ether oxygens (including phenoxy) is 2. The molecule has 0 bridgehead atoms. The zero-order valence-corrected chi connectivity index (χ0v) is 20.1. The Morgan fingerprint density at radius 2 is 1.77 bits per heavy atom. The van der Waals surface area contributed by atoms with Crippen LogP contribution in [-0.4, -0.2) is 43.7 Å². The van der Waals surface area contributed by atoms with E-state index in [0.717, 1.165) is 24.4 Å². The van der Waals surface area contributed by atoms with Gasteiger partial charge in [0.05, 0.1) is 42.2 Å². The number of thioether (sulfide) groups is 1. The number of hydrogen-bond acceptors (Lipinski definition) is 8. The van der Waals surface area contributed by atoms with Gasteiger partial charge < -0.3 is 20.1 Å². The maximum atomic E-state index is 12.9. The van der Waals surface area contributed by atoms with Gasteiger partial charge in [-0.05, 0) is 36.2 Å². The quantitative estimate of drug-likeness (QED) is 0.444. The van der Waals surface area contributed by atoms with Gasteiger partial charge in [-0.2, -0.15) is 5.26 Å². The predicted molar refractivity (Wildman–Crippen MR) is 129 cm³/mol. The van der Waals surface area contributed by atoms with Gasteiger partial charge in [0, 0.05) is 11.6 Å². The molecule has 2 aromatic rings. The molecule has 35 heavy (non-hydrogen) atoms. The van der Waals surface area contributed by atoms with Crippen LogP contribution in [0.1, 0.15) is 27.4 Å². The van der Waals surface area contributed by atoms with Gasteiger partial charge in [-0.15, -0.1) is 0 Å². The highest BCUT2D eigenvalue weighted by Crippen LogP contribution is 2.40. The number of allylic oxidation sites excluding steroid dienone is 1. The average molecular weight is 494 g/mol. The Balaban J connectivity index is 1.92. The maximum absolute atomic E-state index is 12.9. The molecule has 2 N–H and O–H groups in total. The number of benzene rings is 2. The summed E-state index contributed by atoms with van der Waals surface area (Å²) in [5, 5.41) is 15.5. The molecule has 1 aliphatic rings. The first-order valence-electron chi connectivity index (χ1n) is 10.5. The molecule has 0 spiro atoms. The lowest BCUT2D eigenvalue weighted by molar-refractivity contribution is -0.150. The van der Waals surface area contributed by atoms with Crippen LogP contribution >= 0.6 is 11.8 Å². The number of carbonyl (C=O) groups excluding carboxylic acids is 4. The van der Waals surface area contributed by atoms with Crippen LogP contribution in [0.2, 0.25) is 0 Å². The SMILES string of the molecule is COC(=O)c1ccc([C@H]2C(C#N)=C(SCC(=O)Nc3ccccc3C)NC(=O)[C@@H]2C(=O)OC)cc1. The molecule has 0 radical (unpaired) electrons. The molecular weight excluding hydrogens is 470 g/mol. The summed E-state index contributed by atoms with van der Waals surface area (Å²) in [6.07, 6.45) is 0. The lowest BCUT2D eigenvalue weighted by atomic mass is 9.78. The molecule has 10 heteroatoms. The van der Waals surface area contributed by atoms with Gasteiger partial charge in [0.25, 0.3) is 0 Å². The van der Waals surface area contributed by atoms with Gasteiger partial charge in [0.15, 0.2) is 0 Å². The minimum absolute atomic E-state index is 0.0774. The molecule has 2 amide bonds. The molecule has 0 aromatic heterocycles. The Kier molecular flexibility index (Phi) is 8.28. The van der Waals surface area contributed by atoms with E-state index in [2.05, 4.69) is 16.7 Å². The van der Waals surface area contributed by atoms with Crippen molar-refractivity contribution >= 4 is 41.2 Å². The van der Waals surface area contributed by atoms with E-state index in [1.165, 1.54) is 19.2 Å². The molecule has 180 valence electrons. The Morgan fingerprint density at radius 1 is 1.09 bits per heavy atom. The molecule has 0 unspecified atom stereocenters. The number of esters is 2. The lowest BCUT2D eigenvalue weighted by Crippen LogP contribution is -2.44. The van der Waals surface area contributed by atoms with Crippen molar-refractivity contribution in [2.75, 3.05) is 25.3 Å². The predicted octanol–water partition coefficient (Wildman–Crippen LogP) is 2.89. The largest absolute Gasteiger partial charge is 0.468 e. The first kappa shape index (κ1) is 25.5. The topological polar surface area (TPSA) is 135 Å². The molecule has 1 aliphatic heterocycles. The second kappa shape index (κ2) is 11.4. The standard InChI is InChI=1S/C25H23N3O6S/c1-14-6-4-5-7-18(14)27-19(29)13-35-23-17(12-26)20(21(22(30)28-23)25(32)34-3)15-8-10-16(11-9-15)24(31)33-2/h4-11,20-21H,13H2,1-3H3,(H,27,29)(H,28,30)/t20-,21+/m0/s1. The van der Waals surface area contributed by atoms with E-state index in [-0.39, 0.29) is 27.8 Å². The van der Waals surface area contributed by atoms with E-state index in [1.54, 1.807) is 24.3 Å². The summed E-state index contributed by atoms with van der Waals surface area (Å²) in [4.78, 5) is 49.7. The zero-order chi connectivity index (χ0) is 25.5. The van der Waals surface area contributed by atoms with Crippen molar-refractivity contribution in [1.29, 1.82) is 5.26 Å². The molecule has 3 rings (SSSR count). The second-order valence-corrected chi connectivity index (χ2v) is 8.57. The van der Waals surface area contributed by atoms with E-state index in [0.29, 0.717) is 11.3 Å². The average Bonchev–Trinajstić information content (AvgIpc) is 2.87. The van der Waals surface area contributed by atoms with Crippen LogP contribution < -0.4 is 10.6 Å². The van der Waals surface area contributed by atoms with Crippen LogP contribution in [0, 0.1) is 24.2 Å². The highest BCUT2D eigenvalue weighted by atomic mass is 32.2. The normalized spacial score (nSPS) is 17.1. The molecule has 2 aromatic carbocycles. The lowest BCUT2D eigenvalue weighted by Gasteiger charge is -2.31. The number of nitriles is 1. The van der Waals surface area contributed by atoms with Crippen LogP contribution in [0.4, 0.5) is 5.69 Å². The molecule has 9 nitrogen and oxygen atoms in total. The highest BCUT2D eigenvalue weighted by Gasteiger charge is 2.44. The fraction of sp³-hybridized carbons (Fsp3) is 0.240. The molecular formula is C25H23N3O6S. The summed E-state index contributed by atoms with van der Waals surface area (Å²) in [7, 11) is 2.41. The molecule has 1 heterocycles. The van der Waals surface area contributed by atoms with Crippen LogP contribution in [0.25, 0.3) is 0 Å². The van der Waals surface area contributed by atoms with Crippen LogP contribution in [0.3, 0.4) is 0 Å². The first-order chi connectivity index (χ1) is 16.8. The first-order valence-corrected chi connectivity index (χ1v) is 11.5. The number of aryl methyl sites for hydroxylation is 1. The summed E-state index contributed by atoms with van der Waals surface area (Å²) in [6.45, 7) is 1.86. The van der Waals surface area contributed by atoms with Gasteiger partial charge in [0.1, 0.15) is 5.92 Å². The van der Waals surface area contributed by atoms with E-state index in [4.69, 9.17) is 9.47 Å². The number of amides is 2. The van der Waals surface area contributed by atoms with Crippen LogP contribution in [0.15, 0.2) is 59.1 Å². The number of carbonyl (C=O) groups is 4. The number of nitrogens with zero attached hydrogens (tertiary/aromatic N) is 1. The minimum atomic E-state index is -1.32. The van der Waals surface area contributed by atoms with Gasteiger partial charge in [-0.3, -0.25) is 14.4 Å². The fourth-order valence-corrected chi connectivity index (χ4v) is 4.51. The third-order valence-corrected chi connectivity index (χ3v) is 6.46. The Bertz CT molecular complexity index is 1230. The zero-order valence-electron chi connectivity index (χ0n) is 19.3. The van der Waals surface area contributed by atoms with Gasteiger partial charge >= 0.3 is 11.9 Å². The third kappa shape index (κ3) is 5.70. The van der Waals surface area contributed by atoms with Crippen molar-refractivity contribution < 1.29 is 28.7 Å². The van der Waals surface area contributed by atoms with Gasteiger partial charge in [-0.1, -0.05) is 42.1 Å². The summed E-state index contributed by atoms with van der Waals surface area (Å²) in [5.41, 5.74) is 2.40. The monoisotopic (exact) mass is 493 g/mol. The van der Waals surface area contributed by atoms with Gasteiger partial charge in [-0.25, -0.2) is 4.79 Å². The number of nitrogens with one attached hydrogen (secondary N) is 2. The Hall–Kier alpha value is -4.10. The fourth-order valence-electron chi connectivity index (χ4n) is 3.66. The number of rotatable bonds is 7. The minimum Gasteiger partial charge on any atom is -0.468 e. The van der Waals surface area contributed by atoms with Crippen molar-refractivity contribution in [3.63, 3.8) is 0 Å². The van der Waals surface area contributed by atoms with Crippen molar-refractivity contribution in [2.45, 2.75) is 12.8 Å². The van der Waals surface area contributed by atoms with E-state index in [1.807, 2.05) is 19.1 Å². The Morgan fingerprint density at radius 3 is 2.37 bits per heavy atom. The molecule has 0 aliphatic carbocycles. The molecule has 2 atom stereocenters. The summed E-state index contributed by atoms with van der Waals surface area (Å²) >= 11 is 0.985. The summed E-state index contributed by atoms with van der Waals surface area (Å²) in [5.74, 6) is -4.68. The number of anilines is 1. The molecule has 0 saturated carbocycles. The van der Waals surface area contributed by atoms with E-state index in [9.17, 15) is 24.4 Å². The number of hydrogen-bond donors (Lipinski definition) is 2. The maximum Gasteiger partial charge on any atom is 0.337 e.